The number of phenols is 1. The quantitative estimate of drug-likeness (QED) is 0.0702. The predicted octanol–water partition coefficient (Wildman–Crippen LogP) is 0.143. The number of hydrogen-bond acceptors (Lipinski definition) is 7. The van der Waals surface area contributed by atoms with Crippen molar-refractivity contribution >= 4 is 29.7 Å². The lowest BCUT2D eigenvalue weighted by Crippen LogP contribution is -2.59. The minimum absolute atomic E-state index is 0.0638. The van der Waals surface area contributed by atoms with E-state index >= 15 is 0 Å². The number of carboxylic acid groups (broad SMARTS) is 1. The molecule has 5 unspecified atom stereocenters. The fourth-order valence-corrected chi connectivity index (χ4v) is 4.29. The molecule has 5 atom stereocenters. The van der Waals surface area contributed by atoms with Crippen molar-refractivity contribution in [1.29, 1.82) is 0 Å². The van der Waals surface area contributed by atoms with Gasteiger partial charge in [-0.1, -0.05) is 62.7 Å². The summed E-state index contributed by atoms with van der Waals surface area (Å²) in [6.07, 6.45) is 1.17. The van der Waals surface area contributed by atoms with Gasteiger partial charge < -0.3 is 43.4 Å². The highest BCUT2D eigenvalue weighted by Gasteiger charge is 2.32. The van der Waals surface area contributed by atoms with Crippen molar-refractivity contribution in [2.75, 3.05) is 6.54 Å². The monoisotopic (exact) mass is 597 g/mol. The average Bonchev–Trinajstić information content (AvgIpc) is 2.97. The van der Waals surface area contributed by atoms with E-state index < -0.39 is 47.9 Å². The minimum Gasteiger partial charge on any atom is -0.508 e. The summed E-state index contributed by atoms with van der Waals surface area (Å²) in [6, 6.07) is 10.9. The molecule has 0 bridgehead atoms. The molecular formula is C30H43N7O6. The number of amides is 3. The molecule has 3 amide bonds. The van der Waals surface area contributed by atoms with Crippen molar-refractivity contribution in [3.05, 3.63) is 65.7 Å². The largest absolute Gasteiger partial charge is 0.508 e. The van der Waals surface area contributed by atoms with Gasteiger partial charge in [0.25, 0.3) is 0 Å². The number of aliphatic carboxylic acids is 1. The Balaban J connectivity index is 2.19. The second kappa shape index (κ2) is 17.3. The number of hydrogen-bond donors (Lipinski definition) is 8. The summed E-state index contributed by atoms with van der Waals surface area (Å²) < 4.78 is 0. The normalized spacial score (nSPS) is 14.3. The molecule has 13 nitrogen and oxygen atoms in total. The minimum atomic E-state index is -1.24. The summed E-state index contributed by atoms with van der Waals surface area (Å²) in [4.78, 5) is 55.7. The summed E-state index contributed by atoms with van der Waals surface area (Å²) >= 11 is 0. The van der Waals surface area contributed by atoms with Gasteiger partial charge in [0.1, 0.15) is 23.9 Å². The number of benzene rings is 2. The molecule has 0 saturated carbocycles. The summed E-state index contributed by atoms with van der Waals surface area (Å²) in [7, 11) is 0. The molecule has 0 spiro atoms. The van der Waals surface area contributed by atoms with Crippen LogP contribution in [0.5, 0.6) is 5.75 Å². The number of nitrogens with zero attached hydrogens (tertiary/aromatic N) is 1. The maximum Gasteiger partial charge on any atom is 0.326 e. The highest BCUT2D eigenvalue weighted by atomic mass is 16.4. The van der Waals surface area contributed by atoms with Crippen LogP contribution < -0.4 is 33.2 Å². The zero-order valence-electron chi connectivity index (χ0n) is 24.5. The van der Waals surface area contributed by atoms with Crippen LogP contribution in [-0.4, -0.2) is 70.6 Å². The van der Waals surface area contributed by atoms with Crippen molar-refractivity contribution in [2.24, 2.45) is 28.1 Å². The third-order valence-corrected chi connectivity index (χ3v) is 7.00. The van der Waals surface area contributed by atoms with E-state index in [1.807, 2.05) is 13.0 Å². The van der Waals surface area contributed by atoms with Gasteiger partial charge in [-0.05, 0) is 48.4 Å². The van der Waals surface area contributed by atoms with Gasteiger partial charge in [0.15, 0.2) is 5.96 Å². The Labute approximate surface area is 251 Å². The van der Waals surface area contributed by atoms with E-state index in [0.29, 0.717) is 12.8 Å². The Kier molecular flexibility index (Phi) is 13.9. The standard InChI is InChI=1S/C30H43N7O6/c1-3-18(2)25(37-26(39)22(31)16-20-11-13-21(38)14-12-20)28(41)36-24(17-19-8-5-4-6-9-19)27(40)35-23(29(42)43)10-7-15-34-30(32)33/h4-6,8-9,11-14,18,22-25,38H,3,7,10,15-17,31H2,1-2H3,(H,35,40)(H,36,41)(H,37,39)(H,42,43)(H4,32,33,34). The molecule has 0 aliphatic heterocycles. The average molecular weight is 598 g/mol. The van der Waals surface area contributed by atoms with Gasteiger partial charge in [0.2, 0.25) is 17.7 Å². The van der Waals surface area contributed by atoms with E-state index in [2.05, 4.69) is 20.9 Å². The van der Waals surface area contributed by atoms with Crippen LogP contribution in [-0.2, 0) is 32.0 Å². The van der Waals surface area contributed by atoms with Gasteiger partial charge in [-0.15, -0.1) is 0 Å². The van der Waals surface area contributed by atoms with Crippen molar-refractivity contribution < 1.29 is 29.4 Å². The second-order valence-electron chi connectivity index (χ2n) is 10.4. The van der Waals surface area contributed by atoms with Crippen LogP contribution in [0.2, 0.25) is 0 Å². The lowest BCUT2D eigenvalue weighted by molar-refractivity contribution is -0.142. The van der Waals surface area contributed by atoms with E-state index in [4.69, 9.17) is 17.2 Å². The van der Waals surface area contributed by atoms with Crippen LogP contribution in [0.15, 0.2) is 59.6 Å². The molecule has 2 rings (SSSR count). The Morgan fingerprint density at radius 3 is 2.02 bits per heavy atom. The number of nitrogens with two attached hydrogens (primary N) is 3. The Morgan fingerprint density at radius 2 is 1.44 bits per heavy atom. The Morgan fingerprint density at radius 1 is 0.837 bits per heavy atom. The predicted molar refractivity (Wildman–Crippen MR) is 163 cm³/mol. The molecule has 0 heterocycles. The fourth-order valence-electron chi connectivity index (χ4n) is 4.29. The SMILES string of the molecule is CCC(C)C(NC(=O)C(N)Cc1ccc(O)cc1)C(=O)NC(Cc1ccccc1)C(=O)NC(CCCN=C(N)N)C(=O)O. The molecule has 2 aromatic rings. The van der Waals surface area contributed by atoms with E-state index in [-0.39, 0.29) is 43.4 Å². The first-order valence-electron chi connectivity index (χ1n) is 14.2. The van der Waals surface area contributed by atoms with Crippen molar-refractivity contribution in [3.63, 3.8) is 0 Å². The first-order chi connectivity index (χ1) is 20.4. The summed E-state index contributed by atoms with van der Waals surface area (Å²) in [6.45, 7) is 3.85. The molecule has 0 aromatic heterocycles. The van der Waals surface area contributed by atoms with Crippen LogP contribution >= 0.6 is 0 Å². The molecule has 43 heavy (non-hydrogen) atoms. The first kappa shape index (κ1) is 34.6. The highest BCUT2D eigenvalue weighted by Crippen LogP contribution is 2.13. The number of aliphatic imine (C=N–C) groups is 1. The lowest BCUT2D eigenvalue weighted by Gasteiger charge is -2.28. The van der Waals surface area contributed by atoms with E-state index in [1.165, 1.54) is 12.1 Å². The third-order valence-electron chi connectivity index (χ3n) is 7.00. The lowest BCUT2D eigenvalue weighted by atomic mass is 9.96. The number of aromatic hydroxyl groups is 1. The second-order valence-corrected chi connectivity index (χ2v) is 10.4. The molecule has 13 heteroatoms. The number of carboxylic acids is 1. The summed E-state index contributed by atoms with van der Waals surface area (Å²) in [5, 5.41) is 27.1. The molecule has 0 fully saturated rings. The molecule has 2 aromatic carbocycles. The molecule has 0 saturated heterocycles. The van der Waals surface area contributed by atoms with Crippen molar-refractivity contribution in [2.45, 2.75) is 70.1 Å². The third kappa shape index (κ3) is 12.0. The summed E-state index contributed by atoms with van der Waals surface area (Å²) in [5.41, 5.74) is 18.2. The molecule has 0 radical (unpaired) electrons. The Hall–Kier alpha value is -4.65. The van der Waals surface area contributed by atoms with Gasteiger partial charge in [0, 0.05) is 13.0 Å². The van der Waals surface area contributed by atoms with Crippen LogP contribution in [0.25, 0.3) is 0 Å². The van der Waals surface area contributed by atoms with Gasteiger partial charge in [-0.2, -0.15) is 0 Å². The number of rotatable bonds is 17. The zero-order valence-corrected chi connectivity index (χ0v) is 24.5. The van der Waals surface area contributed by atoms with Crippen molar-refractivity contribution in [1.82, 2.24) is 16.0 Å². The number of nitrogens with one attached hydrogen (secondary N) is 3. The maximum absolute atomic E-state index is 13.6. The van der Waals surface area contributed by atoms with Crippen LogP contribution in [0.1, 0.15) is 44.2 Å². The van der Waals surface area contributed by atoms with E-state index in [1.54, 1.807) is 43.3 Å². The van der Waals surface area contributed by atoms with Gasteiger partial charge >= 0.3 is 5.97 Å². The zero-order chi connectivity index (χ0) is 31.9. The highest BCUT2D eigenvalue weighted by molar-refractivity contribution is 5.94. The van der Waals surface area contributed by atoms with E-state index in [9.17, 15) is 29.4 Å². The van der Waals surface area contributed by atoms with Crippen molar-refractivity contribution in [3.8, 4) is 5.75 Å². The molecule has 0 aliphatic carbocycles. The topological polar surface area (TPSA) is 235 Å². The molecule has 0 aliphatic rings. The maximum atomic E-state index is 13.6. The Bertz CT molecular complexity index is 1240. The van der Waals surface area contributed by atoms with Crippen LogP contribution in [0.3, 0.4) is 0 Å². The van der Waals surface area contributed by atoms with Gasteiger partial charge in [-0.25, -0.2) is 4.79 Å². The first-order valence-corrected chi connectivity index (χ1v) is 14.2. The summed E-state index contributed by atoms with van der Waals surface area (Å²) in [5.74, 6) is -3.43. The molecular weight excluding hydrogens is 554 g/mol. The van der Waals surface area contributed by atoms with Crippen LogP contribution in [0.4, 0.5) is 0 Å². The molecule has 234 valence electrons. The number of guanidine groups is 1. The number of phenolic OH excluding ortho intramolecular Hbond substituents is 1. The van der Waals surface area contributed by atoms with Gasteiger partial charge in [0.05, 0.1) is 6.04 Å². The number of carbonyl (C=O) groups excluding carboxylic acids is 3. The van der Waals surface area contributed by atoms with Gasteiger partial charge in [-0.3, -0.25) is 19.4 Å². The smallest absolute Gasteiger partial charge is 0.326 e. The number of carbonyl (C=O) groups is 4. The molecule has 11 N–H and O–H groups in total. The van der Waals surface area contributed by atoms with E-state index in [0.717, 1.165) is 11.1 Å². The fraction of sp³-hybridized carbons (Fsp3) is 0.433. The van der Waals surface area contributed by atoms with Crippen LogP contribution in [0, 0.1) is 5.92 Å².